The molecule has 0 aliphatic rings. The molecule has 0 saturated heterocycles. The van der Waals surface area contributed by atoms with Crippen molar-refractivity contribution in [2.75, 3.05) is 6.61 Å². The van der Waals surface area contributed by atoms with Crippen molar-refractivity contribution in [3.05, 3.63) is 94.0 Å². The summed E-state index contributed by atoms with van der Waals surface area (Å²) in [5.74, 6) is 0.843. The van der Waals surface area contributed by atoms with Crippen molar-refractivity contribution in [2.45, 2.75) is 13.5 Å². The average Bonchev–Trinajstić information content (AvgIpc) is 2.75. The second kappa shape index (κ2) is 10.4. The molecule has 148 valence electrons. The SMILES string of the molecule is CCOc1ccc(Br)cc1C(=O)N/N=C\c1ccccc1OCc1ccccc1. The molecule has 3 rings (SSSR count). The first-order valence-corrected chi connectivity index (χ1v) is 9.98. The number of halogens is 1. The van der Waals surface area contributed by atoms with Gasteiger partial charge in [0.25, 0.3) is 5.91 Å². The van der Waals surface area contributed by atoms with Crippen LogP contribution in [-0.4, -0.2) is 18.7 Å². The van der Waals surface area contributed by atoms with Crippen LogP contribution < -0.4 is 14.9 Å². The number of carbonyl (C=O) groups is 1. The van der Waals surface area contributed by atoms with E-state index in [1.165, 1.54) is 0 Å². The van der Waals surface area contributed by atoms with Crippen molar-refractivity contribution in [1.29, 1.82) is 0 Å². The van der Waals surface area contributed by atoms with Crippen molar-refractivity contribution in [3.8, 4) is 11.5 Å². The largest absolute Gasteiger partial charge is 0.493 e. The molecule has 1 N–H and O–H groups in total. The highest BCUT2D eigenvalue weighted by Gasteiger charge is 2.12. The fraction of sp³-hybridized carbons (Fsp3) is 0.130. The molecule has 0 bridgehead atoms. The number of benzene rings is 3. The first-order valence-electron chi connectivity index (χ1n) is 9.19. The number of hydrogen-bond acceptors (Lipinski definition) is 4. The van der Waals surface area contributed by atoms with Gasteiger partial charge in [-0.2, -0.15) is 5.10 Å². The van der Waals surface area contributed by atoms with E-state index in [4.69, 9.17) is 9.47 Å². The zero-order valence-corrected chi connectivity index (χ0v) is 17.6. The summed E-state index contributed by atoms with van der Waals surface area (Å²) in [6, 6.07) is 22.7. The Bertz CT molecular complexity index is 990. The van der Waals surface area contributed by atoms with Crippen LogP contribution in [-0.2, 0) is 6.61 Å². The third-order valence-electron chi connectivity index (χ3n) is 4.01. The number of nitrogens with one attached hydrogen (secondary N) is 1. The summed E-state index contributed by atoms with van der Waals surface area (Å²) >= 11 is 3.38. The maximum absolute atomic E-state index is 12.5. The minimum Gasteiger partial charge on any atom is -0.493 e. The summed E-state index contributed by atoms with van der Waals surface area (Å²) in [4.78, 5) is 12.5. The molecule has 0 radical (unpaired) electrons. The smallest absolute Gasteiger partial charge is 0.275 e. The Hall–Kier alpha value is -3.12. The van der Waals surface area contributed by atoms with Gasteiger partial charge in [-0.25, -0.2) is 5.43 Å². The van der Waals surface area contributed by atoms with E-state index in [1.807, 2.05) is 67.6 Å². The summed E-state index contributed by atoms with van der Waals surface area (Å²) in [6.45, 7) is 2.79. The molecule has 0 fully saturated rings. The van der Waals surface area contributed by atoms with Crippen molar-refractivity contribution >= 4 is 28.1 Å². The number of carbonyl (C=O) groups excluding carboxylic acids is 1. The van der Waals surface area contributed by atoms with Crippen LogP contribution in [0, 0.1) is 0 Å². The molecule has 0 aromatic heterocycles. The molecule has 3 aromatic rings. The van der Waals surface area contributed by atoms with Gasteiger partial charge in [-0.1, -0.05) is 58.4 Å². The predicted molar refractivity (Wildman–Crippen MR) is 118 cm³/mol. The van der Waals surface area contributed by atoms with Crippen LogP contribution in [0.5, 0.6) is 11.5 Å². The maximum Gasteiger partial charge on any atom is 0.275 e. The quantitative estimate of drug-likeness (QED) is 0.377. The van der Waals surface area contributed by atoms with Gasteiger partial charge in [-0.15, -0.1) is 0 Å². The molecule has 0 atom stereocenters. The lowest BCUT2D eigenvalue weighted by Crippen LogP contribution is -2.19. The van der Waals surface area contributed by atoms with E-state index < -0.39 is 0 Å². The normalized spacial score (nSPS) is 10.7. The zero-order chi connectivity index (χ0) is 20.5. The molecule has 5 nitrogen and oxygen atoms in total. The molecule has 29 heavy (non-hydrogen) atoms. The van der Waals surface area contributed by atoms with Crippen LogP contribution in [0.25, 0.3) is 0 Å². The Balaban J connectivity index is 1.68. The predicted octanol–water partition coefficient (Wildman–Crippen LogP) is 5.19. The Morgan fingerprint density at radius 2 is 1.76 bits per heavy atom. The van der Waals surface area contributed by atoms with E-state index >= 15 is 0 Å². The lowest BCUT2D eigenvalue weighted by Gasteiger charge is -2.10. The van der Waals surface area contributed by atoms with Crippen LogP contribution in [0.3, 0.4) is 0 Å². The van der Waals surface area contributed by atoms with Crippen LogP contribution in [0.15, 0.2) is 82.4 Å². The highest BCUT2D eigenvalue weighted by Crippen LogP contribution is 2.23. The second-order valence-electron chi connectivity index (χ2n) is 6.08. The van der Waals surface area contributed by atoms with Crippen LogP contribution in [0.4, 0.5) is 0 Å². The Morgan fingerprint density at radius 3 is 2.55 bits per heavy atom. The number of rotatable bonds is 8. The molecular weight excluding hydrogens is 432 g/mol. The molecule has 0 unspecified atom stereocenters. The third-order valence-corrected chi connectivity index (χ3v) is 4.51. The molecule has 3 aromatic carbocycles. The van der Waals surface area contributed by atoms with E-state index in [2.05, 4.69) is 26.5 Å². The van der Waals surface area contributed by atoms with Gasteiger partial charge in [-0.3, -0.25) is 4.79 Å². The summed E-state index contributed by atoms with van der Waals surface area (Å²) < 4.78 is 12.2. The minimum atomic E-state index is -0.353. The van der Waals surface area contributed by atoms with E-state index in [9.17, 15) is 4.79 Å². The topological polar surface area (TPSA) is 59.9 Å². The number of para-hydroxylation sites is 1. The Kier molecular flexibility index (Phi) is 7.41. The molecule has 0 aliphatic carbocycles. The first kappa shape index (κ1) is 20.6. The third kappa shape index (κ3) is 5.93. The Labute approximate surface area is 178 Å². The standard InChI is InChI=1S/C23H21BrN2O3/c1-2-28-22-13-12-19(24)14-20(22)23(27)26-25-15-18-10-6-7-11-21(18)29-16-17-8-4-3-5-9-17/h3-15H,2,16H2,1H3,(H,26,27)/b25-15-. The molecule has 0 heterocycles. The molecule has 0 aliphatic heterocycles. The minimum absolute atomic E-state index is 0.353. The molecular formula is C23H21BrN2O3. The van der Waals surface area contributed by atoms with E-state index in [1.54, 1.807) is 18.3 Å². The van der Waals surface area contributed by atoms with Gasteiger partial charge in [0.05, 0.1) is 18.4 Å². The van der Waals surface area contributed by atoms with Gasteiger partial charge in [0.15, 0.2) is 0 Å². The van der Waals surface area contributed by atoms with Gasteiger partial charge >= 0.3 is 0 Å². The van der Waals surface area contributed by atoms with Gasteiger partial charge < -0.3 is 9.47 Å². The number of hydrogen-bond donors (Lipinski definition) is 1. The maximum atomic E-state index is 12.5. The van der Waals surface area contributed by atoms with Crippen molar-refractivity contribution < 1.29 is 14.3 Å². The first-order chi connectivity index (χ1) is 14.2. The van der Waals surface area contributed by atoms with Crippen LogP contribution in [0.2, 0.25) is 0 Å². The van der Waals surface area contributed by atoms with Gasteiger partial charge in [0.1, 0.15) is 18.1 Å². The average molecular weight is 453 g/mol. The van der Waals surface area contributed by atoms with Crippen LogP contribution >= 0.6 is 15.9 Å². The fourth-order valence-corrected chi connectivity index (χ4v) is 3.00. The monoisotopic (exact) mass is 452 g/mol. The number of nitrogens with zero attached hydrogens (tertiary/aromatic N) is 1. The zero-order valence-electron chi connectivity index (χ0n) is 16.0. The van der Waals surface area contributed by atoms with Crippen LogP contribution in [0.1, 0.15) is 28.4 Å². The Morgan fingerprint density at radius 1 is 1.00 bits per heavy atom. The number of ether oxygens (including phenoxy) is 2. The molecule has 6 heteroatoms. The van der Waals surface area contributed by atoms with E-state index in [0.29, 0.717) is 30.3 Å². The summed E-state index contributed by atoms with van der Waals surface area (Å²) in [6.07, 6.45) is 1.57. The van der Waals surface area contributed by atoms with Crippen molar-refractivity contribution in [3.63, 3.8) is 0 Å². The van der Waals surface area contributed by atoms with E-state index in [0.717, 1.165) is 15.6 Å². The molecule has 0 spiro atoms. The number of amides is 1. The van der Waals surface area contributed by atoms with Gasteiger partial charge in [0.2, 0.25) is 0 Å². The number of hydrazone groups is 1. The summed E-state index contributed by atoms with van der Waals surface area (Å²) in [7, 11) is 0. The summed E-state index contributed by atoms with van der Waals surface area (Å²) in [5, 5.41) is 4.09. The highest BCUT2D eigenvalue weighted by atomic mass is 79.9. The van der Waals surface area contributed by atoms with Gasteiger partial charge in [0, 0.05) is 10.0 Å². The molecule has 0 saturated carbocycles. The second-order valence-corrected chi connectivity index (χ2v) is 7.00. The lowest BCUT2D eigenvalue weighted by molar-refractivity contribution is 0.0951. The van der Waals surface area contributed by atoms with Crippen molar-refractivity contribution in [1.82, 2.24) is 5.43 Å². The van der Waals surface area contributed by atoms with E-state index in [-0.39, 0.29) is 5.91 Å². The van der Waals surface area contributed by atoms with Gasteiger partial charge in [-0.05, 0) is 42.8 Å². The highest BCUT2D eigenvalue weighted by molar-refractivity contribution is 9.10. The molecule has 1 amide bonds. The van der Waals surface area contributed by atoms with Crippen molar-refractivity contribution in [2.24, 2.45) is 5.10 Å². The summed E-state index contributed by atoms with van der Waals surface area (Å²) in [5.41, 5.74) is 4.80. The lowest BCUT2D eigenvalue weighted by atomic mass is 10.2. The fourth-order valence-electron chi connectivity index (χ4n) is 2.64.